The van der Waals surface area contributed by atoms with Gasteiger partial charge in [0.1, 0.15) is 7.21 Å². The third-order valence-electron chi connectivity index (χ3n) is 3.89. The van der Waals surface area contributed by atoms with Gasteiger partial charge in [-0.2, -0.15) is 9.03 Å². The molecule has 0 bridgehead atoms. The molecule has 1 aliphatic rings. The van der Waals surface area contributed by atoms with E-state index in [1.807, 2.05) is 60.7 Å². The Bertz CT molecular complexity index is 861. The fraction of sp³-hybridized carbons (Fsp3) is 0.250. The molecule has 0 spiro atoms. The van der Waals surface area contributed by atoms with Gasteiger partial charge in [0.2, 0.25) is 0 Å². The third-order valence-corrected chi connectivity index (χ3v) is 13.5. The van der Waals surface area contributed by atoms with E-state index in [4.69, 9.17) is 27.1 Å². The second kappa shape index (κ2) is 7.92. The number of nitrogens with zero attached hydrogens (tertiary/aromatic N) is 3. The zero-order valence-corrected chi connectivity index (χ0v) is 17.8. The minimum absolute atomic E-state index is 0.970. The average molecular weight is 413 g/mol. The molecule has 1 aliphatic heterocycles. The summed E-state index contributed by atoms with van der Waals surface area (Å²) in [4.78, 5) is 0. The molecule has 3 rings (SSSR count). The summed E-state index contributed by atoms with van der Waals surface area (Å²) in [6, 6.07) is 19.8. The molecule has 0 N–H and O–H groups in total. The van der Waals surface area contributed by atoms with Crippen LogP contribution in [0.4, 0.5) is 0 Å². The Morgan fingerprint density at radius 1 is 0.538 bits per heavy atom. The van der Waals surface area contributed by atoms with Crippen LogP contribution in [0.25, 0.3) is 0 Å². The van der Waals surface area contributed by atoms with Gasteiger partial charge in [0.05, 0.1) is 0 Å². The van der Waals surface area contributed by atoms with Crippen molar-refractivity contribution in [3.8, 4) is 0 Å². The summed E-state index contributed by atoms with van der Waals surface area (Å²) in [6.45, 7) is 0. The topological polar surface area (TPSA) is 74.0 Å². The van der Waals surface area contributed by atoms with Crippen molar-refractivity contribution in [2.45, 2.75) is 0 Å². The van der Waals surface area contributed by atoms with E-state index in [-0.39, 0.29) is 0 Å². The first-order chi connectivity index (χ1) is 12.6. The molecule has 140 valence electrons. The Morgan fingerprint density at radius 2 is 0.923 bits per heavy atom. The molecule has 0 aliphatic carbocycles. The second-order valence-corrected chi connectivity index (χ2v) is 13.1. The van der Waals surface area contributed by atoms with E-state index in [0.29, 0.717) is 0 Å². The molecule has 1 heterocycles. The van der Waals surface area contributed by atoms with E-state index in [0.717, 1.165) is 10.6 Å². The molecule has 26 heavy (non-hydrogen) atoms. The van der Waals surface area contributed by atoms with Crippen molar-refractivity contribution in [3.63, 3.8) is 0 Å². The Balaban J connectivity index is 2.50. The minimum atomic E-state index is -2.95. The highest BCUT2D eigenvalue weighted by Crippen LogP contribution is 2.78. The molecular weight excluding hydrogens is 391 g/mol. The van der Waals surface area contributed by atoms with E-state index in [1.54, 1.807) is 28.4 Å². The Kier molecular flexibility index (Phi) is 6.01. The summed E-state index contributed by atoms with van der Waals surface area (Å²) in [7, 11) is -2.39. The first kappa shape index (κ1) is 19.7. The first-order valence-electron chi connectivity index (χ1n) is 7.83. The molecule has 0 unspecified atom stereocenters. The molecule has 0 radical (unpaired) electrons. The van der Waals surface area contributed by atoms with Gasteiger partial charge in [-0.3, -0.25) is 0 Å². The third kappa shape index (κ3) is 3.42. The van der Waals surface area contributed by atoms with Crippen molar-refractivity contribution in [1.29, 1.82) is 0 Å². The van der Waals surface area contributed by atoms with Crippen molar-refractivity contribution in [1.82, 2.24) is 0 Å². The molecule has 2 aromatic rings. The average Bonchev–Trinajstić information content (AvgIpc) is 2.74. The van der Waals surface area contributed by atoms with Crippen molar-refractivity contribution >= 4 is 33.1 Å². The van der Waals surface area contributed by atoms with E-state index >= 15 is 0 Å². The first-order valence-corrected chi connectivity index (χ1v) is 12.6. The predicted octanol–water partition coefficient (Wildman–Crippen LogP) is 5.25. The minimum Gasteiger partial charge on any atom is -0.310 e. The molecule has 0 saturated carbocycles. The quantitative estimate of drug-likeness (QED) is 0.607. The number of hydrogen-bond acceptors (Lipinski definition) is 7. The lowest BCUT2D eigenvalue weighted by Crippen LogP contribution is -2.16. The maximum Gasteiger partial charge on any atom is 0.345 e. The summed E-state index contributed by atoms with van der Waals surface area (Å²) >= 11 is 0. The normalized spacial score (nSPS) is 19.7. The maximum absolute atomic E-state index is 5.68. The van der Waals surface area contributed by atoms with Gasteiger partial charge < -0.3 is 18.1 Å². The van der Waals surface area contributed by atoms with Gasteiger partial charge in [-0.1, -0.05) is 60.7 Å². The molecule has 10 heteroatoms. The lowest BCUT2D eigenvalue weighted by Gasteiger charge is -2.32. The molecule has 0 atom stereocenters. The highest BCUT2D eigenvalue weighted by molar-refractivity contribution is 7.89. The van der Waals surface area contributed by atoms with Crippen LogP contribution in [-0.2, 0) is 18.1 Å². The van der Waals surface area contributed by atoms with Crippen molar-refractivity contribution < 1.29 is 18.1 Å². The van der Waals surface area contributed by atoms with Crippen LogP contribution in [0.1, 0.15) is 0 Å². The fourth-order valence-electron chi connectivity index (χ4n) is 2.59. The second-order valence-electron chi connectivity index (χ2n) is 5.25. The van der Waals surface area contributed by atoms with E-state index in [2.05, 4.69) is 4.52 Å². The van der Waals surface area contributed by atoms with Crippen LogP contribution in [0.15, 0.2) is 74.2 Å². The zero-order chi connectivity index (χ0) is 18.7. The van der Waals surface area contributed by atoms with E-state index in [9.17, 15) is 0 Å². The Labute approximate surface area is 154 Å². The van der Waals surface area contributed by atoms with Crippen molar-refractivity contribution in [2.75, 3.05) is 28.4 Å². The number of rotatable bonds is 6. The fourth-order valence-corrected chi connectivity index (χ4v) is 13.5. The van der Waals surface area contributed by atoms with E-state index in [1.165, 1.54) is 0 Å². The van der Waals surface area contributed by atoms with Crippen molar-refractivity contribution in [2.24, 2.45) is 13.5 Å². The van der Waals surface area contributed by atoms with Gasteiger partial charge in [-0.25, -0.2) is 0 Å². The monoisotopic (exact) mass is 413 g/mol. The SMILES string of the molecule is COP1(OC)=NP(OC)(OC)=NP(c2ccccc2)(c2ccccc2)=N1. The molecule has 2 aromatic carbocycles. The van der Waals surface area contributed by atoms with Crippen LogP contribution < -0.4 is 10.6 Å². The molecule has 0 amide bonds. The van der Waals surface area contributed by atoms with Crippen molar-refractivity contribution in [3.05, 3.63) is 60.7 Å². The zero-order valence-electron chi connectivity index (χ0n) is 15.1. The van der Waals surface area contributed by atoms with Gasteiger partial charge in [0.25, 0.3) is 0 Å². The van der Waals surface area contributed by atoms with Crippen LogP contribution >= 0.6 is 22.5 Å². The standard InChI is InChI=1S/C16H22N3O4P3/c1-20-25(21-2)17-24(15-11-7-5-8-12-15,16-13-9-6-10-14-16)18-26(19-25,22-3)23-4/h5-14H,1-4H3. The predicted molar refractivity (Wildman–Crippen MR) is 108 cm³/mol. The van der Waals surface area contributed by atoms with E-state index < -0.39 is 22.5 Å². The lowest BCUT2D eigenvalue weighted by atomic mass is 10.4. The van der Waals surface area contributed by atoms with Gasteiger partial charge >= 0.3 is 15.3 Å². The summed E-state index contributed by atoms with van der Waals surface area (Å²) in [5.41, 5.74) is 0. The van der Waals surface area contributed by atoms with Crippen LogP contribution in [0.3, 0.4) is 0 Å². The smallest absolute Gasteiger partial charge is 0.310 e. The Morgan fingerprint density at radius 3 is 1.31 bits per heavy atom. The van der Waals surface area contributed by atoms with Crippen LogP contribution in [0, 0.1) is 0 Å². The molecule has 0 saturated heterocycles. The van der Waals surface area contributed by atoms with Crippen LogP contribution in [0.5, 0.6) is 0 Å². The molecule has 0 aromatic heterocycles. The summed E-state index contributed by atoms with van der Waals surface area (Å²) in [6.07, 6.45) is 0. The summed E-state index contributed by atoms with van der Waals surface area (Å²) < 4.78 is 37.3. The maximum atomic E-state index is 5.68. The summed E-state index contributed by atoms with van der Waals surface area (Å²) in [5, 5.41) is 1.94. The largest absolute Gasteiger partial charge is 0.345 e. The van der Waals surface area contributed by atoms with Gasteiger partial charge in [0.15, 0.2) is 0 Å². The molecule has 7 nitrogen and oxygen atoms in total. The Hall–Kier alpha value is -1.03. The highest BCUT2D eigenvalue weighted by Gasteiger charge is 2.40. The molecule has 0 fully saturated rings. The molecular formula is C16H22N3O4P3. The number of benzene rings is 2. The van der Waals surface area contributed by atoms with Gasteiger partial charge in [-0.05, 0) is 0 Å². The van der Waals surface area contributed by atoms with Crippen LogP contribution in [-0.4, -0.2) is 28.4 Å². The van der Waals surface area contributed by atoms with Crippen LogP contribution in [0.2, 0.25) is 0 Å². The highest BCUT2D eigenvalue weighted by atomic mass is 31.3. The van der Waals surface area contributed by atoms with Gasteiger partial charge in [0, 0.05) is 39.0 Å². The number of hydrogen-bond donors (Lipinski definition) is 0. The lowest BCUT2D eigenvalue weighted by molar-refractivity contribution is 0.314. The van der Waals surface area contributed by atoms with Gasteiger partial charge in [-0.15, -0.1) is 4.52 Å². The summed E-state index contributed by atoms with van der Waals surface area (Å²) in [5.74, 6) is 0.